The predicted molar refractivity (Wildman–Crippen MR) is 136 cm³/mol. The van der Waals surface area contributed by atoms with Crippen LogP contribution in [0.4, 0.5) is 26.3 Å². The van der Waals surface area contributed by atoms with E-state index in [1.165, 1.54) is 12.1 Å². The molecule has 0 N–H and O–H groups in total. The van der Waals surface area contributed by atoms with Crippen molar-refractivity contribution in [2.24, 2.45) is 11.8 Å². The predicted octanol–water partition coefficient (Wildman–Crippen LogP) is 10.1. The average molecular weight is 517 g/mol. The Morgan fingerprint density at radius 1 is 0.865 bits per heavy atom. The molecule has 0 amide bonds. The van der Waals surface area contributed by atoms with Crippen molar-refractivity contribution in [1.29, 1.82) is 0 Å². The van der Waals surface area contributed by atoms with Crippen molar-refractivity contribution in [3.05, 3.63) is 107 Å². The normalized spacial score (nSPS) is 18.3. The molecule has 3 unspecified atom stereocenters. The molecule has 3 aromatic carbocycles. The van der Waals surface area contributed by atoms with Crippen molar-refractivity contribution >= 4 is 10.8 Å². The van der Waals surface area contributed by atoms with E-state index in [-0.39, 0.29) is 11.8 Å². The minimum absolute atomic E-state index is 0.120. The third kappa shape index (κ3) is 6.46. The molecule has 1 aliphatic carbocycles. The van der Waals surface area contributed by atoms with E-state index in [1.807, 2.05) is 37.3 Å². The van der Waals surface area contributed by atoms with Crippen LogP contribution in [0.15, 0.2) is 90.0 Å². The maximum atomic E-state index is 13.9. The molecule has 0 radical (unpaired) electrons. The molecule has 1 aliphatic rings. The van der Waals surface area contributed by atoms with Crippen molar-refractivity contribution in [1.82, 2.24) is 0 Å². The number of hydrogen-bond donors (Lipinski definition) is 0. The molecule has 0 nitrogen and oxygen atoms in total. The van der Waals surface area contributed by atoms with Crippen molar-refractivity contribution < 1.29 is 26.3 Å². The first-order chi connectivity index (χ1) is 17.5. The number of fused-ring (bicyclic) bond motifs is 1. The van der Waals surface area contributed by atoms with Gasteiger partial charge < -0.3 is 0 Å². The lowest BCUT2D eigenvalue weighted by Gasteiger charge is -2.30. The largest absolute Gasteiger partial charge is 0.416 e. The van der Waals surface area contributed by atoms with Crippen molar-refractivity contribution in [2.75, 3.05) is 0 Å². The summed E-state index contributed by atoms with van der Waals surface area (Å²) in [6.45, 7) is 3.85. The Labute approximate surface area is 213 Å². The van der Waals surface area contributed by atoms with Gasteiger partial charge >= 0.3 is 12.4 Å². The molecule has 0 heterocycles. The van der Waals surface area contributed by atoms with Gasteiger partial charge in [-0.25, -0.2) is 0 Å². The van der Waals surface area contributed by atoms with E-state index in [4.69, 9.17) is 0 Å². The molecule has 0 saturated heterocycles. The first-order valence-corrected chi connectivity index (χ1v) is 12.6. The summed E-state index contributed by atoms with van der Waals surface area (Å²) in [5.74, 6) is -0.736. The van der Waals surface area contributed by atoms with Gasteiger partial charge in [0.25, 0.3) is 0 Å². The fourth-order valence-electron chi connectivity index (χ4n) is 5.58. The number of benzene rings is 3. The molecule has 4 rings (SSSR count). The van der Waals surface area contributed by atoms with Crippen LogP contribution in [0.5, 0.6) is 0 Å². The van der Waals surface area contributed by atoms with Crippen molar-refractivity contribution in [3.8, 4) is 0 Å². The smallest absolute Gasteiger partial charge is 0.166 e. The number of hydrogen-bond acceptors (Lipinski definition) is 0. The molecule has 6 heteroatoms. The molecule has 0 bridgehead atoms. The van der Waals surface area contributed by atoms with E-state index in [9.17, 15) is 26.3 Å². The Kier molecular flexibility index (Phi) is 7.86. The molecule has 3 atom stereocenters. The lowest BCUT2D eigenvalue weighted by Crippen LogP contribution is -2.20. The highest BCUT2D eigenvalue weighted by atomic mass is 19.4. The van der Waals surface area contributed by atoms with Crippen molar-refractivity contribution in [2.45, 2.75) is 57.8 Å². The number of halogens is 6. The average Bonchev–Trinajstić information content (AvgIpc) is 2.84. The Balaban J connectivity index is 1.58. The van der Waals surface area contributed by atoms with Crippen LogP contribution in [0.1, 0.15) is 55.7 Å². The molecule has 0 saturated carbocycles. The summed E-state index contributed by atoms with van der Waals surface area (Å²) in [6, 6.07) is 19.1. The molecular formula is C31H30F6. The van der Waals surface area contributed by atoms with Gasteiger partial charge in [0, 0.05) is 5.92 Å². The first kappa shape index (κ1) is 27.0. The van der Waals surface area contributed by atoms with Gasteiger partial charge in [-0.15, -0.1) is 0 Å². The van der Waals surface area contributed by atoms with Crippen LogP contribution < -0.4 is 0 Å². The Morgan fingerprint density at radius 2 is 1.57 bits per heavy atom. The summed E-state index contributed by atoms with van der Waals surface area (Å²) >= 11 is 0. The SMILES string of the molecule is CCC(C1=CC(C(F)(F)F)=CC(CC(C)Cc2cccc3ccccc23)C1)c1cccc(C(F)(F)F)c1. The quantitative estimate of drug-likeness (QED) is 0.274. The van der Waals surface area contributed by atoms with Gasteiger partial charge in [-0.2, -0.15) is 26.3 Å². The van der Waals surface area contributed by atoms with E-state index in [2.05, 4.69) is 12.1 Å². The van der Waals surface area contributed by atoms with E-state index >= 15 is 0 Å². The van der Waals surface area contributed by atoms with Gasteiger partial charge in [0.15, 0.2) is 0 Å². The summed E-state index contributed by atoms with van der Waals surface area (Å²) < 4.78 is 81.5. The topological polar surface area (TPSA) is 0 Å². The number of alkyl halides is 6. The van der Waals surface area contributed by atoms with Gasteiger partial charge in [-0.1, -0.05) is 92.2 Å². The van der Waals surface area contributed by atoms with E-state index in [1.54, 1.807) is 13.0 Å². The summed E-state index contributed by atoms with van der Waals surface area (Å²) in [4.78, 5) is 0. The van der Waals surface area contributed by atoms with Crippen LogP contribution in [-0.2, 0) is 12.6 Å². The van der Waals surface area contributed by atoms with Gasteiger partial charge in [-0.3, -0.25) is 0 Å². The van der Waals surface area contributed by atoms with Gasteiger partial charge in [-0.05, 0) is 65.5 Å². The van der Waals surface area contributed by atoms with Crippen LogP contribution in [0.3, 0.4) is 0 Å². The van der Waals surface area contributed by atoms with E-state index in [0.717, 1.165) is 41.0 Å². The summed E-state index contributed by atoms with van der Waals surface area (Å²) in [5, 5.41) is 2.27. The molecule has 0 aromatic heterocycles. The minimum atomic E-state index is -4.52. The summed E-state index contributed by atoms with van der Waals surface area (Å²) in [6.07, 6.45) is -4.47. The van der Waals surface area contributed by atoms with Crippen molar-refractivity contribution in [3.63, 3.8) is 0 Å². The zero-order valence-corrected chi connectivity index (χ0v) is 20.8. The van der Waals surface area contributed by atoms with Crippen LogP contribution >= 0.6 is 0 Å². The molecule has 196 valence electrons. The Bertz CT molecular complexity index is 1290. The minimum Gasteiger partial charge on any atom is -0.166 e. The maximum absolute atomic E-state index is 13.9. The molecule has 0 aliphatic heterocycles. The Morgan fingerprint density at radius 3 is 2.27 bits per heavy atom. The fraction of sp³-hybridized carbons (Fsp3) is 0.355. The highest BCUT2D eigenvalue weighted by Gasteiger charge is 2.37. The molecule has 0 spiro atoms. The lowest BCUT2D eigenvalue weighted by atomic mass is 9.76. The molecule has 3 aromatic rings. The highest BCUT2D eigenvalue weighted by molar-refractivity contribution is 5.85. The fourth-order valence-corrected chi connectivity index (χ4v) is 5.58. The van der Waals surface area contributed by atoms with Crippen LogP contribution in [-0.4, -0.2) is 6.18 Å². The zero-order valence-electron chi connectivity index (χ0n) is 20.8. The van der Waals surface area contributed by atoms with Crippen LogP contribution in [0, 0.1) is 11.8 Å². The van der Waals surface area contributed by atoms with Gasteiger partial charge in [0.2, 0.25) is 0 Å². The van der Waals surface area contributed by atoms with E-state index < -0.39 is 29.4 Å². The zero-order chi connectivity index (χ0) is 26.8. The first-order valence-electron chi connectivity index (χ1n) is 12.6. The van der Waals surface area contributed by atoms with Gasteiger partial charge in [0.05, 0.1) is 11.1 Å². The number of rotatable bonds is 7. The number of allylic oxidation sites excluding steroid dienone is 4. The Hall–Kier alpha value is -3.02. The van der Waals surface area contributed by atoms with E-state index in [0.29, 0.717) is 30.4 Å². The van der Waals surface area contributed by atoms with Crippen LogP contribution in [0.25, 0.3) is 10.8 Å². The third-order valence-electron chi connectivity index (χ3n) is 7.21. The maximum Gasteiger partial charge on any atom is 0.416 e. The monoisotopic (exact) mass is 516 g/mol. The van der Waals surface area contributed by atoms with Gasteiger partial charge in [0.1, 0.15) is 0 Å². The molecule has 0 fully saturated rings. The van der Waals surface area contributed by atoms with Crippen LogP contribution in [0.2, 0.25) is 0 Å². The highest BCUT2D eigenvalue weighted by Crippen LogP contribution is 2.43. The molecule has 37 heavy (non-hydrogen) atoms. The summed E-state index contributed by atoms with van der Waals surface area (Å²) in [5.41, 5.74) is 0.606. The third-order valence-corrected chi connectivity index (χ3v) is 7.21. The second-order valence-electron chi connectivity index (χ2n) is 10.1. The second-order valence-corrected chi connectivity index (χ2v) is 10.1. The lowest BCUT2D eigenvalue weighted by molar-refractivity contribution is -0.137. The standard InChI is InChI=1S/C31H30F6/c1-3-28(24-11-7-12-26(18-24)30(32,33)34)25-16-21(17-27(19-25)31(35,36)37)14-20(2)15-23-10-6-9-22-8-4-5-13-29(22)23/h4-13,17-21,28H,3,14-16H2,1-2H3. The molecular weight excluding hydrogens is 486 g/mol. The summed E-state index contributed by atoms with van der Waals surface area (Å²) in [7, 11) is 0. The second kappa shape index (κ2) is 10.8.